The Balaban J connectivity index is 1.73. The van der Waals surface area contributed by atoms with Gasteiger partial charge >= 0.3 is 0 Å². The van der Waals surface area contributed by atoms with Gasteiger partial charge in [0, 0.05) is 32.0 Å². The van der Waals surface area contributed by atoms with Crippen molar-refractivity contribution in [3.63, 3.8) is 0 Å². The van der Waals surface area contributed by atoms with Gasteiger partial charge in [0.05, 0.1) is 18.8 Å². The van der Waals surface area contributed by atoms with Crippen molar-refractivity contribution in [3.05, 3.63) is 48.2 Å². The van der Waals surface area contributed by atoms with Crippen LogP contribution in [-0.2, 0) is 4.74 Å². The first-order valence-corrected chi connectivity index (χ1v) is 7.51. The van der Waals surface area contributed by atoms with Crippen LogP contribution in [0.5, 0.6) is 5.75 Å². The average molecular weight is 313 g/mol. The molecular formula is C17H19N3O3. The van der Waals surface area contributed by atoms with E-state index in [1.54, 1.807) is 43.6 Å². The van der Waals surface area contributed by atoms with Gasteiger partial charge in [0.2, 0.25) is 0 Å². The number of phenols is 1. The number of rotatable bonds is 3. The molecule has 1 saturated heterocycles. The molecule has 0 atom stereocenters. The van der Waals surface area contributed by atoms with Gasteiger partial charge in [-0.1, -0.05) is 0 Å². The Bertz CT molecular complexity index is 664. The molecule has 1 aromatic heterocycles. The highest BCUT2D eigenvalue weighted by molar-refractivity contribution is 6.05. The van der Waals surface area contributed by atoms with Gasteiger partial charge in [-0.2, -0.15) is 0 Å². The Morgan fingerprint density at radius 2 is 1.87 bits per heavy atom. The van der Waals surface area contributed by atoms with Gasteiger partial charge in [0.25, 0.3) is 5.91 Å². The van der Waals surface area contributed by atoms with E-state index in [0.29, 0.717) is 24.5 Å². The van der Waals surface area contributed by atoms with Crippen LogP contribution in [0.15, 0.2) is 42.6 Å². The molecule has 1 aliphatic rings. The van der Waals surface area contributed by atoms with Gasteiger partial charge in [0.1, 0.15) is 11.6 Å². The average Bonchev–Trinajstić information content (AvgIpc) is 2.62. The number of morpholine rings is 1. The number of nitrogens with zero attached hydrogens (tertiary/aromatic N) is 3. The van der Waals surface area contributed by atoms with E-state index in [2.05, 4.69) is 9.88 Å². The zero-order valence-corrected chi connectivity index (χ0v) is 13.0. The quantitative estimate of drug-likeness (QED) is 0.937. The third-order valence-corrected chi connectivity index (χ3v) is 3.87. The molecule has 0 saturated carbocycles. The summed E-state index contributed by atoms with van der Waals surface area (Å²) in [7, 11) is 1.70. The molecule has 2 aromatic rings. The highest BCUT2D eigenvalue weighted by Crippen LogP contribution is 2.20. The maximum atomic E-state index is 12.5. The van der Waals surface area contributed by atoms with E-state index in [-0.39, 0.29) is 11.7 Å². The van der Waals surface area contributed by atoms with E-state index < -0.39 is 0 Å². The summed E-state index contributed by atoms with van der Waals surface area (Å²) < 4.78 is 5.32. The number of amides is 1. The summed E-state index contributed by atoms with van der Waals surface area (Å²) in [6, 6.07) is 10.2. The van der Waals surface area contributed by atoms with Crippen LogP contribution in [0.3, 0.4) is 0 Å². The number of phenolic OH excluding ortho intramolecular Hbond substituents is 1. The molecule has 2 heterocycles. The fourth-order valence-corrected chi connectivity index (χ4v) is 2.48. The van der Waals surface area contributed by atoms with E-state index in [1.165, 1.54) is 4.90 Å². The predicted molar refractivity (Wildman–Crippen MR) is 88.1 cm³/mol. The molecule has 3 rings (SSSR count). The molecule has 6 heteroatoms. The molecular weight excluding hydrogens is 294 g/mol. The first kappa shape index (κ1) is 15.3. The van der Waals surface area contributed by atoms with Crippen molar-refractivity contribution in [2.45, 2.75) is 0 Å². The van der Waals surface area contributed by atoms with Gasteiger partial charge < -0.3 is 19.6 Å². The Kier molecular flexibility index (Phi) is 4.43. The number of aromatic hydroxyl groups is 1. The number of carbonyl (C=O) groups is 1. The fourth-order valence-electron chi connectivity index (χ4n) is 2.48. The Hall–Kier alpha value is -2.60. The third-order valence-electron chi connectivity index (χ3n) is 3.87. The Labute approximate surface area is 134 Å². The first-order chi connectivity index (χ1) is 11.1. The van der Waals surface area contributed by atoms with Crippen molar-refractivity contribution >= 4 is 17.4 Å². The van der Waals surface area contributed by atoms with Gasteiger partial charge in [-0.15, -0.1) is 0 Å². The van der Waals surface area contributed by atoms with E-state index in [0.717, 1.165) is 18.9 Å². The molecule has 0 aliphatic carbocycles. The van der Waals surface area contributed by atoms with Gasteiger partial charge in [-0.25, -0.2) is 4.98 Å². The van der Waals surface area contributed by atoms with Crippen molar-refractivity contribution in [2.75, 3.05) is 43.2 Å². The van der Waals surface area contributed by atoms with Crippen LogP contribution < -0.4 is 9.80 Å². The van der Waals surface area contributed by atoms with Crippen molar-refractivity contribution in [1.82, 2.24) is 4.98 Å². The highest BCUT2D eigenvalue weighted by atomic mass is 16.5. The molecule has 1 N–H and O–H groups in total. The van der Waals surface area contributed by atoms with E-state index >= 15 is 0 Å². The number of hydrogen-bond acceptors (Lipinski definition) is 5. The Morgan fingerprint density at radius 1 is 1.17 bits per heavy atom. The second-order valence-corrected chi connectivity index (χ2v) is 5.39. The number of pyridine rings is 1. The number of ether oxygens (including phenoxy) is 1. The number of aromatic nitrogens is 1. The molecule has 120 valence electrons. The second-order valence-electron chi connectivity index (χ2n) is 5.39. The lowest BCUT2D eigenvalue weighted by Gasteiger charge is -2.27. The van der Waals surface area contributed by atoms with E-state index in [1.807, 2.05) is 6.07 Å². The summed E-state index contributed by atoms with van der Waals surface area (Å²) in [5.41, 5.74) is 1.24. The smallest absolute Gasteiger partial charge is 0.259 e. The molecule has 23 heavy (non-hydrogen) atoms. The lowest BCUT2D eigenvalue weighted by atomic mass is 10.2. The van der Waals surface area contributed by atoms with Crippen LogP contribution in [0.1, 0.15) is 10.4 Å². The van der Waals surface area contributed by atoms with Crippen LogP contribution in [0, 0.1) is 0 Å². The predicted octanol–water partition coefficient (Wildman–Crippen LogP) is 1.90. The summed E-state index contributed by atoms with van der Waals surface area (Å²) in [5.74, 6) is 0.889. The maximum absolute atomic E-state index is 12.5. The van der Waals surface area contributed by atoms with E-state index in [9.17, 15) is 9.90 Å². The number of benzene rings is 1. The number of anilines is 2. The van der Waals surface area contributed by atoms with E-state index in [4.69, 9.17) is 4.74 Å². The first-order valence-electron chi connectivity index (χ1n) is 7.51. The molecule has 1 aromatic carbocycles. The molecule has 1 fully saturated rings. The molecule has 6 nitrogen and oxygen atoms in total. The minimum absolute atomic E-state index is 0.142. The summed E-state index contributed by atoms with van der Waals surface area (Å²) in [4.78, 5) is 20.6. The van der Waals surface area contributed by atoms with Crippen molar-refractivity contribution in [2.24, 2.45) is 0 Å². The van der Waals surface area contributed by atoms with Crippen LogP contribution in [0.2, 0.25) is 0 Å². The highest BCUT2D eigenvalue weighted by Gasteiger charge is 2.16. The van der Waals surface area contributed by atoms with Crippen LogP contribution in [-0.4, -0.2) is 49.3 Å². The lowest BCUT2D eigenvalue weighted by molar-refractivity contribution is 0.0992. The zero-order chi connectivity index (χ0) is 16.2. The molecule has 1 amide bonds. The largest absolute Gasteiger partial charge is 0.508 e. The molecule has 0 radical (unpaired) electrons. The molecule has 0 bridgehead atoms. The number of carbonyl (C=O) groups excluding carboxylic acids is 1. The van der Waals surface area contributed by atoms with Crippen LogP contribution in [0.4, 0.5) is 11.5 Å². The van der Waals surface area contributed by atoms with Crippen molar-refractivity contribution < 1.29 is 14.6 Å². The SMILES string of the molecule is CN(C(=O)c1ccc(N2CCOCC2)nc1)c1ccc(O)cc1. The number of hydrogen-bond donors (Lipinski definition) is 1. The van der Waals surface area contributed by atoms with Gasteiger partial charge in [0.15, 0.2) is 0 Å². The summed E-state index contributed by atoms with van der Waals surface area (Å²) in [6.45, 7) is 3.03. The molecule has 1 aliphatic heterocycles. The molecule has 0 unspecified atom stereocenters. The lowest BCUT2D eigenvalue weighted by Crippen LogP contribution is -2.36. The van der Waals surface area contributed by atoms with Crippen molar-refractivity contribution in [1.29, 1.82) is 0 Å². The van der Waals surface area contributed by atoms with Gasteiger partial charge in [-0.05, 0) is 36.4 Å². The fraction of sp³-hybridized carbons (Fsp3) is 0.294. The molecule has 0 spiro atoms. The van der Waals surface area contributed by atoms with Gasteiger partial charge in [-0.3, -0.25) is 4.79 Å². The zero-order valence-electron chi connectivity index (χ0n) is 13.0. The third kappa shape index (κ3) is 3.43. The summed E-state index contributed by atoms with van der Waals surface area (Å²) >= 11 is 0. The topological polar surface area (TPSA) is 65.9 Å². The monoisotopic (exact) mass is 313 g/mol. The van der Waals surface area contributed by atoms with Crippen LogP contribution in [0.25, 0.3) is 0 Å². The normalized spacial score (nSPS) is 14.6. The minimum Gasteiger partial charge on any atom is -0.508 e. The Morgan fingerprint density at radius 3 is 2.48 bits per heavy atom. The summed E-state index contributed by atoms with van der Waals surface area (Å²) in [5, 5.41) is 9.32. The van der Waals surface area contributed by atoms with Crippen molar-refractivity contribution in [3.8, 4) is 5.75 Å². The maximum Gasteiger partial charge on any atom is 0.259 e. The standard InChI is InChI=1S/C17H19N3O3/c1-19(14-3-5-15(21)6-4-14)17(22)13-2-7-16(18-12-13)20-8-10-23-11-9-20/h2-7,12,21H,8-11H2,1H3. The van der Waals surface area contributed by atoms with Crippen LogP contribution >= 0.6 is 0 Å². The minimum atomic E-state index is -0.142. The second kappa shape index (κ2) is 6.66. The summed E-state index contributed by atoms with van der Waals surface area (Å²) in [6.07, 6.45) is 1.60.